The van der Waals surface area contributed by atoms with Crippen LogP contribution in [0.3, 0.4) is 0 Å². The van der Waals surface area contributed by atoms with Crippen LogP contribution in [0.15, 0.2) is 42.5 Å². The maximum absolute atomic E-state index is 12.3. The second-order valence-electron chi connectivity index (χ2n) is 7.31. The van der Waals surface area contributed by atoms with E-state index in [1.54, 1.807) is 19.2 Å². The monoisotopic (exact) mass is 461 g/mol. The number of ether oxygens (including phenoxy) is 3. The average Bonchev–Trinajstić information content (AvgIpc) is 3.06. The summed E-state index contributed by atoms with van der Waals surface area (Å²) < 4.78 is 16.5. The molecule has 1 heterocycles. The highest BCUT2D eigenvalue weighted by atomic mass is 35.5. The number of nitrogens with zero attached hydrogens (tertiary/aromatic N) is 1. The number of carbonyl (C=O) groups is 2. The van der Waals surface area contributed by atoms with Gasteiger partial charge in [-0.1, -0.05) is 30.3 Å². The van der Waals surface area contributed by atoms with Crippen LogP contribution in [-0.4, -0.2) is 56.0 Å². The first-order valence-corrected chi connectivity index (χ1v) is 10.0. The zero-order valence-electron chi connectivity index (χ0n) is 18.3. The summed E-state index contributed by atoms with van der Waals surface area (Å²) in [7, 11) is 2.94. The minimum atomic E-state index is -0.782. The van der Waals surface area contributed by atoms with E-state index in [-0.39, 0.29) is 36.8 Å². The molecule has 2 atom stereocenters. The van der Waals surface area contributed by atoms with E-state index in [1.807, 2.05) is 37.3 Å². The molecule has 1 aliphatic heterocycles. The van der Waals surface area contributed by atoms with E-state index in [1.165, 1.54) is 12.0 Å². The molecule has 0 aliphatic carbocycles. The van der Waals surface area contributed by atoms with Gasteiger partial charge in [-0.3, -0.25) is 15.0 Å². The summed E-state index contributed by atoms with van der Waals surface area (Å²) in [6, 6.07) is 12.8. The van der Waals surface area contributed by atoms with Gasteiger partial charge in [0.25, 0.3) is 0 Å². The Kier molecular flexibility index (Phi) is 8.48. The van der Waals surface area contributed by atoms with E-state index in [4.69, 9.17) is 25.4 Å². The molecule has 172 valence electrons. The molecule has 2 aromatic carbocycles. The molecule has 0 aromatic heterocycles. The van der Waals surface area contributed by atoms with Crippen molar-refractivity contribution in [1.82, 2.24) is 4.90 Å². The Hall–Kier alpha value is -3.26. The third-order valence-corrected chi connectivity index (χ3v) is 5.39. The Morgan fingerprint density at radius 3 is 2.38 bits per heavy atom. The number of likely N-dealkylation sites (N-methyl/N-ethyl adjacent to an activating group) is 1. The summed E-state index contributed by atoms with van der Waals surface area (Å²) in [5, 5.41) is 7.51. The lowest BCUT2D eigenvalue weighted by Gasteiger charge is -2.21. The summed E-state index contributed by atoms with van der Waals surface area (Å²) in [5.74, 6) is -0.379. The number of amidine groups is 1. The molecule has 0 radical (unpaired) electrons. The van der Waals surface area contributed by atoms with Crippen LogP contribution in [0.4, 0.5) is 0 Å². The number of methoxy groups -OCH3 is 1. The standard InChI is InChI=1S/C23H27N3O5.ClH/c1-4-30-20-11-16(14-5-7-15(8-6-14)21(24)25)9-10-19(20)31-13-17-12-18(23(28)29-3)22(27)26(17)2;/h5-11,17-18H,4,12-13H2,1-3H3,(H3,24,25);1H/t17-,18-;/m0./s1. The highest BCUT2D eigenvalue weighted by Gasteiger charge is 2.42. The van der Waals surface area contributed by atoms with E-state index >= 15 is 0 Å². The minimum Gasteiger partial charge on any atom is -0.490 e. The molecule has 32 heavy (non-hydrogen) atoms. The van der Waals surface area contributed by atoms with Crippen molar-refractivity contribution in [3.8, 4) is 22.6 Å². The van der Waals surface area contributed by atoms with Crippen molar-refractivity contribution < 1.29 is 23.8 Å². The molecule has 9 heteroatoms. The molecule has 0 spiro atoms. The first-order chi connectivity index (χ1) is 14.8. The van der Waals surface area contributed by atoms with Gasteiger partial charge < -0.3 is 24.8 Å². The number of nitrogens with one attached hydrogen (secondary N) is 1. The molecule has 0 unspecified atom stereocenters. The van der Waals surface area contributed by atoms with E-state index in [2.05, 4.69) is 0 Å². The lowest BCUT2D eigenvalue weighted by Crippen LogP contribution is -2.34. The quantitative estimate of drug-likeness (QED) is 0.270. The molecule has 0 bridgehead atoms. The fourth-order valence-electron chi connectivity index (χ4n) is 3.58. The van der Waals surface area contributed by atoms with Gasteiger partial charge in [-0.05, 0) is 36.6 Å². The Morgan fingerprint density at radius 2 is 1.78 bits per heavy atom. The number of nitrogens with two attached hydrogens (primary N) is 1. The predicted molar refractivity (Wildman–Crippen MR) is 123 cm³/mol. The van der Waals surface area contributed by atoms with Crippen LogP contribution < -0.4 is 15.2 Å². The topological polar surface area (TPSA) is 115 Å². The Labute approximate surface area is 193 Å². The lowest BCUT2D eigenvalue weighted by atomic mass is 10.0. The highest BCUT2D eigenvalue weighted by molar-refractivity contribution is 5.99. The lowest BCUT2D eigenvalue weighted by molar-refractivity contribution is -0.150. The highest BCUT2D eigenvalue weighted by Crippen LogP contribution is 2.34. The number of hydrogen-bond acceptors (Lipinski definition) is 6. The van der Waals surface area contributed by atoms with Crippen LogP contribution in [0.5, 0.6) is 11.5 Å². The molecule has 3 rings (SSSR count). The van der Waals surface area contributed by atoms with E-state index < -0.39 is 11.9 Å². The van der Waals surface area contributed by atoms with Crippen LogP contribution in [-0.2, 0) is 14.3 Å². The fourth-order valence-corrected chi connectivity index (χ4v) is 3.58. The maximum Gasteiger partial charge on any atom is 0.318 e. The molecular formula is C23H28ClN3O5. The van der Waals surface area contributed by atoms with Crippen molar-refractivity contribution in [3.63, 3.8) is 0 Å². The number of amides is 1. The van der Waals surface area contributed by atoms with Gasteiger partial charge in [-0.25, -0.2) is 0 Å². The maximum atomic E-state index is 12.3. The molecule has 1 fully saturated rings. The number of nitrogen functional groups attached to an aromatic ring is 1. The van der Waals surface area contributed by atoms with Crippen LogP contribution in [0.2, 0.25) is 0 Å². The fraction of sp³-hybridized carbons (Fsp3) is 0.348. The van der Waals surface area contributed by atoms with Gasteiger partial charge >= 0.3 is 5.97 Å². The van der Waals surface area contributed by atoms with Gasteiger partial charge in [-0.2, -0.15) is 0 Å². The normalized spacial score (nSPS) is 17.5. The smallest absolute Gasteiger partial charge is 0.318 e. The predicted octanol–water partition coefficient (Wildman–Crippen LogP) is 2.86. The van der Waals surface area contributed by atoms with Gasteiger partial charge in [-0.15, -0.1) is 12.4 Å². The average molecular weight is 462 g/mol. The van der Waals surface area contributed by atoms with E-state index in [9.17, 15) is 9.59 Å². The van der Waals surface area contributed by atoms with Gasteiger partial charge in [0, 0.05) is 12.6 Å². The van der Waals surface area contributed by atoms with Crippen molar-refractivity contribution >= 4 is 30.1 Å². The summed E-state index contributed by atoms with van der Waals surface area (Å²) >= 11 is 0. The molecule has 1 aliphatic rings. The Bertz CT molecular complexity index is 980. The molecular weight excluding hydrogens is 434 g/mol. The molecule has 2 aromatic rings. The van der Waals surface area contributed by atoms with E-state index in [0.717, 1.165) is 11.1 Å². The van der Waals surface area contributed by atoms with Crippen LogP contribution >= 0.6 is 12.4 Å². The van der Waals surface area contributed by atoms with Crippen molar-refractivity contribution in [1.29, 1.82) is 5.41 Å². The minimum absolute atomic E-state index is 0. The second kappa shape index (κ2) is 10.9. The summed E-state index contributed by atoms with van der Waals surface area (Å²) in [6.45, 7) is 2.60. The largest absolute Gasteiger partial charge is 0.490 e. The van der Waals surface area contributed by atoms with Gasteiger partial charge in [0.1, 0.15) is 18.4 Å². The van der Waals surface area contributed by atoms with Crippen molar-refractivity contribution in [2.24, 2.45) is 11.7 Å². The van der Waals surface area contributed by atoms with Gasteiger partial charge in [0.2, 0.25) is 5.91 Å². The SMILES string of the molecule is CCOc1cc(-c2ccc(C(=N)N)cc2)ccc1OC[C@@H]1C[C@H](C(=O)OC)C(=O)N1C.Cl. The van der Waals surface area contributed by atoms with E-state index in [0.29, 0.717) is 30.1 Å². The Balaban J connectivity index is 0.00000363. The van der Waals surface area contributed by atoms with Gasteiger partial charge in [0.15, 0.2) is 11.5 Å². The Morgan fingerprint density at radius 1 is 1.12 bits per heavy atom. The van der Waals surface area contributed by atoms with Crippen LogP contribution in [0.25, 0.3) is 11.1 Å². The second-order valence-corrected chi connectivity index (χ2v) is 7.31. The van der Waals surface area contributed by atoms with Crippen molar-refractivity contribution in [3.05, 3.63) is 48.0 Å². The zero-order valence-corrected chi connectivity index (χ0v) is 19.1. The number of carbonyl (C=O) groups excluding carboxylic acids is 2. The molecule has 3 N–H and O–H groups in total. The first kappa shape index (κ1) is 25.0. The summed E-state index contributed by atoms with van der Waals surface area (Å²) in [4.78, 5) is 25.6. The van der Waals surface area contributed by atoms with Crippen molar-refractivity contribution in [2.75, 3.05) is 27.4 Å². The molecule has 0 saturated carbocycles. The number of likely N-dealkylation sites (tertiary alicyclic amines) is 1. The zero-order chi connectivity index (χ0) is 22.5. The summed E-state index contributed by atoms with van der Waals surface area (Å²) in [5.41, 5.74) is 8.07. The first-order valence-electron chi connectivity index (χ1n) is 10.0. The number of rotatable bonds is 8. The molecule has 1 amide bonds. The van der Waals surface area contributed by atoms with Crippen molar-refractivity contribution in [2.45, 2.75) is 19.4 Å². The number of benzene rings is 2. The van der Waals surface area contributed by atoms with Crippen LogP contribution in [0, 0.1) is 11.3 Å². The number of hydrogen-bond donors (Lipinski definition) is 2. The third-order valence-electron chi connectivity index (χ3n) is 5.39. The number of halogens is 1. The van der Waals surface area contributed by atoms with Crippen LogP contribution in [0.1, 0.15) is 18.9 Å². The third kappa shape index (κ3) is 5.31. The number of esters is 1. The molecule has 8 nitrogen and oxygen atoms in total. The molecule has 1 saturated heterocycles. The summed E-state index contributed by atoms with van der Waals surface area (Å²) in [6.07, 6.45) is 0.354. The van der Waals surface area contributed by atoms with Gasteiger partial charge in [0.05, 0.1) is 19.8 Å².